The van der Waals surface area contributed by atoms with Crippen LogP contribution in [0.3, 0.4) is 0 Å². The van der Waals surface area contributed by atoms with Gasteiger partial charge in [-0.05, 0) is 18.1 Å². The third-order valence-corrected chi connectivity index (χ3v) is 3.78. The number of amides is 2. The number of rotatable bonds is 4. The molecular weight excluding hydrogens is 272 g/mol. The number of methoxy groups -OCH3 is 1. The smallest absolute Gasteiger partial charge is 0.326 e. The summed E-state index contributed by atoms with van der Waals surface area (Å²) < 4.78 is 5.18. The largest absolute Gasteiger partial charge is 0.480 e. The maximum Gasteiger partial charge on any atom is 0.326 e. The van der Waals surface area contributed by atoms with Gasteiger partial charge in [0.25, 0.3) is 0 Å². The zero-order valence-corrected chi connectivity index (χ0v) is 12.2. The van der Waals surface area contributed by atoms with Crippen LogP contribution in [-0.2, 0) is 16.0 Å². The highest BCUT2D eigenvalue weighted by Gasteiger charge is 2.39. The molecule has 6 nitrogen and oxygen atoms in total. The summed E-state index contributed by atoms with van der Waals surface area (Å²) in [7, 11) is 1.53. The normalized spacial score (nSPS) is 21.3. The lowest BCUT2D eigenvalue weighted by atomic mass is 10.1. The van der Waals surface area contributed by atoms with Gasteiger partial charge in [0.05, 0.1) is 6.10 Å². The van der Waals surface area contributed by atoms with Crippen molar-refractivity contribution in [2.75, 3.05) is 19.0 Å². The Bertz CT molecular complexity index is 532. The second-order valence-electron chi connectivity index (χ2n) is 5.04. The number of aryl methyl sites for hydroxylation is 1. The number of nitrogens with zero attached hydrogens (tertiary/aromatic N) is 1. The summed E-state index contributed by atoms with van der Waals surface area (Å²) in [6.07, 6.45) is 0.868. The molecule has 2 amide bonds. The summed E-state index contributed by atoms with van der Waals surface area (Å²) in [5.74, 6) is -1.01. The number of nitrogens with one attached hydrogen (secondary N) is 1. The fourth-order valence-electron chi connectivity index (χ4n) is 2.56. The number of urea groups is 1. The Morgan fingerprint density at radius 2 is 2.14 bits per heavy atom. The number of hydrogen-bond donors (Lipinski definition) is 2. The van der Waals surface area contributed by atoms with Crippen LogP contribution < -0.4 is 5.32 Å². The van der Waals surface area contributed by atoms with Gasteiger partial charge in [0.1, 0.15) is 6.04 Å². The van der Waals surface area contributed by atoms with Gasteiger partial charge in [-0.1, -0.05) is 25.1 Å². The van der Waals surface area contributed by atoms with Crippen LogP contribution in [0.2, 0.25) is 0 Å². The van der Waals surface area contributed by atoms with Crippen molar-refractivity contribution >= 4 is 17.7 Å². The number of hydrogen-bond acceptors (Lipinski definition) is 3. The number of para-hydroxylation sites is 1. The molecule has 1 aliphatic rings. The van der Waals surface area contributed by atoms with E-state index in [-0.39, 0.29) is 12.6 Å². The molecule has 0 spiro atoms. The van der Waals surface area contributed by atoms with E-state index in [9.17, 15) is 14.7 Å². The molecule has 114 valence electrons. The Hall–Kier alpha value is -2.08. The molecular formula is C15H20N2O4. The van der Waals surface area contributed by atoms with Gasteiger partial charge >= 0.3 is 12.0 Å². The van der Waals surface area contributed by atoms with Crippen LogP contribution in [0, 0.1) is 0 Å². The Morgan fingerprint density at radius 3 is 2.76 bits per heavy atom. The first-order valence-corrected chi connectivity index (χ1v) is 6.98. The molecule has 0 radical (unpaired) electrons. The van der Waals surface area contributed by atoms with E-state index in [2.05, 4.69) is 5.32 Å². The molecule has 1 aromatic rings. The van der Waals surface area contributed by atoms with Crippen LogP contribution in [0.5, 0.6) is 0 Å². The minimum absolute atomic E-state index is 0.238. The SMILES string of the molecule is CCc1ccccc1NC(=O)N1CC(OC)CC1C(=O)O. The lowest BCUT2D eigenvalue weighted by Crippen LogP contribution is -2.43. The number of anilines is 1. The third-order valence-electron chi connectivity index (χ3n) is 3.78. The number of aliphatic carboxylic acids is 1. The monoisotopic (exact) mass is 292 g/mol. The van der Waals surface area contributed by atoms with Gasteiger partial charge in [0.15, 0.2) is 0 Å². The lowest BCUT2D eigenvalue weighted by Gasteiger charge is -2.22. The molecule has 2 N–H and O–H groups in total. The van der Waals surface area contributed by atoms with E-state index in [1.54, 1.807) is 0 Å². The molecule has 1 aliphatic heterocycles. The molecule has 2 atom stereocenters. The zero-order valence-electron chi connectivity index (χ0n) is 12.2. The van der Waals surface area contributed by atoms with Crippen LogP contribution in [0.25, 0.3) is 0 Å². The minimum atomic E-state index is -1.01. The predicted molar refractivity (Wildman–Crippen MR) is 78.4 cm³/mol. The van der Waals surface area contributed by atoms with Crippen molar-refractivity contribution in [2.45, 2.75) is 31.9 Å². The second-order valence-corrected chi connectivity index (χ2v) is 5.04. The van der Waals surface area contributed by atoms with Crippen molar-refractivity contribution in [2.24, 2.45) is 0 Å². The molecule has 0 aromatic heterocycles. The van der Waals surface area contributed by atoms with Crippen LogP contribution >= 0.6 is 0 Å². The molecule has 1 heterocycles. The molecule has 6 heteroatoms. The first-order chi connectivity index (χ1) is 10.1. The Morgan fingerprint density at radius 1 is 1.43 bits per heavy atom. The van der Waals surface area contributed by atoms with Crippen molar-refractivity contribution in [3.05, 3.63) is 29.8 Å². The van der Waals surface area contributed by atoms with Crippen molar-refractivity contribution in [1.29, 1.82) is 0 Å². The van der Waals surface area contributed by atoms with Gasteiger partial charge < -0.3 is 20.1 Å². The molecule has 2 rings (SSSR count). The highest BCUT2D eigenvalue weighted by Crippen LogP contribution is 2.23. The number of carbonyl (C=O) groups is 2. The van der Waals surface area contributed by atoms with Gasteiger partial charge in [-0.25, -0.2) is 9.59 Å². The summed E-state index contributed by atoms with van der Waals surface area (Å²) in [6, 6.07) is 6.26. The van der Waals surface area contributed by atoms with Crippen molar-refractivity contribution < 1.29 is 19.4 Å². The van der Waals surface area contributed by atoms with Crippen LogP contribution in [0.4, 0.5) is 10.5 Å². The maximum atomic E-state index is 12.4. The molecule has 0 bridgehead atoms. The average molecular weight is 292 g/mol. The fraction of sp³-hybridized carbons (Fsp3) is 0.467. The van der Waals surface area contributed by atoms with Gasteiger partial charge in [0, 0.05) is 25.8 Å². The summed E-state index contributed by atoms with van der Waals surface area (Å²) in [5.41, 5.74) is 1.73. The van der Waals surface area contributed by atoms with Gasteiger partial charge in [-0.3, -0.25) is 0 Å². The molecule has 0 saturated carbocycles. The highest BCUT2D eigenvalue weighted by molar-refractivity contribution is 5.93. The molecule has 0 aliphatic carbocycles. The third kappa shape index (κ3) is 3.33. The topological polar surface area (TPSA) is 78.9 Å². The first kappa shape index (κ1) is 15.3. The van der Waals surface area contributed by atoms with Crippen molar-refractivity contribution in [1.82, 2.24) is 4.90 Å². The van der Waals surface area contributed by atoms with E-state index in [4.69, 9.17) is 4.74 Å². The van der Waals surface area contributed by atoms with Crippen molar-refractivity contribution in [3.63, 3.8) is 0 Å². The summed E-state index contributed by atoms with van der Waals surface area (Å²) >= 11 is 0. The average Bonchev–Trinajstić information content (AvgIpc) is 2.92. The number of carbonyl (C=O) groups excluding carboxylic acids is 1. The van der Waals surface area contributed by atoms with E-state index >= 15 is 0 Å². The minimum Gasteiger partial charge on any atom is -0.480 e. The van der Waals surface area contributed by atoms with E-state index < -0.39 is 18.0 Å². The molecule has 2 unspecified atom stereocenters. The lowest BCUT2D eigenvalue weighted by molar-refractivity contribution is -0.141. The van der Waals surface area contributed by atoms with Gasteiger partial charge in [-0.2, -0.15) is 0 Å². The van der Waals surface area contributed by atoms with Crippen LogP contribution in [0.15, 0.2) is 24.3 Å². The fourth-order valence-corrected chi connectivity index (χ4v) is 2.56. The van der Waals surface area contributed by atoms with Crippen molar-refractivity contribution in [3.8, 4) is 0 Å². The standard InChI is InChI=1S/C15H20N2O4/c1-3-10-6-4-5-7-12(10)16-15(20)17-9-11(21-2)8-13(17)14(18)19/h4-7,11,13H,3,8-9H2,1-2H3,(H,16,20)(H,18,19). The maximum absolute atomic E-state index is 12.4. The zero-order chi connectivity index (χ0) is 15.4. The number of carboxylic acids is 1. The highest BCUT2D eigenvalue weighted by atomic mass is 16.5. The predicted octanol–water partition coefficient (Wildman–Crippen LogP) is 1.95. The number of likely N-dealkylation sites (tertiary alicyclic amines) is 1. The first-order valence-electron chi connectivity index (χ1n) is 6.98. The molecule has 1 saturated heterocycles. The van der Waals surface area contributed by atoms with E-state index in [1.165, 1.54) is 12.0 Å². The number of benzene rings is 1. The molecule has 21 heavy (non-hydrogen) atoms. The van der Waals surface area contributed by atoms with Crippen LogP contribution in [-0.4, -0.2) is 47.8 Å². The Balaban J connectivity index is 2.13. The van der Waals surface area contributed by atoms with Gasteiger partial charge in [0.2, 0.25) is 0 Å². The molecule has 1 fully saturated rings. The van der Waals surface area contributed by atoms with E-state index in [0.717, 1.165) is 17.7 Å². The van der Waals surface area contributed by atoms with E-state index in [0.29, 0.717) is 6.42 Å². The summed E-state index contributed by atoms with van der Waals surface area (Å²) in [5, 5.41) is 12.0. The number of carboxylic acid groups (broad SMARTS) is 1. The second kappa shape index (κ2) is 6.58. The Kier molecular flexibility index (Phi) is 4.80. The quantitative estimate of drug-likeness (QED) is 0.889. The summed E-state index contributed by atoms with van der Waals surface area (Å²) in [4.78, 5) is 25.0. The summed E-state index contributed by atoms with van der Waals surface area (Å²) in [6.45, 7) is 2.29. The van der Waals surface area contributed by atoms with E-state index in [1.807, 2.05) is 31.2 Å². The Labute approximate surface area is 123 Å². The molecule has 1 aromatic carbocycles. The van der Waals surface area contributed by atoms with Gasteiger partial charge in [-0.15, -0.1) is 0 Å². The number of ether oxygens (including phenoxy) is 1. The van der Waals surface area contributed by atoms with Crippen LogP contribution in [0.1, 0.15) is 18.9 Å².